The van der Waals surface area contributed by atoms with Crippen LogP contribution in [0.4, 0.5) is 0 Å². The maximum atomic E-state index is 3.80. The summed E-state index contributed by atoms with van der Waals surface area (Å²) in [6.07, 6.45) is 0. The van der Waals surface area contributed by atoms with Crippen molar-refractivity contribution in [3.05, 3.63) is 197 Å². The fraction of sp³-hybridized carbons (Fsp3) is 0.0233. The van der Waals surface area contributed by atoms with E-state index in [1.165, 1.54) is 72.0 Å². The van der Waals surface area contributed by atoms with Crippen molar-refractivity contribution in [3.8, 4) is 27.9 Å². The molecular formula is C43H28BrN. The molecule has 212 valence electrons. The molecule has 0 fully saturated rings. The van der Waals surface area contributed by atoms with Crippen LogP contribution in [-0.4, -0.2) is 4.57 Å². The normalized spacial score (nSPS) is 13.2. The van der Waals surface area contributed by atoms with Gasteiger partial charge in [-0.25, -0.2) is 0 Å². The van der Waals surface area contributed by atoms with Gasteiger partial charge in [0.15, 0.2) is 0 Å². The molecule has 0 aliphatic heterocycles. The molecule has 0 amide bonds. The lowest BCUT2D eigenvalue weighted by atomic mass is 9.68. The van der Waals surface area contributed by atoms with Gasteiger partial charge in [-0.2, -0.15) is 0 Å². The van der Waals surface area contributed by atoms with Crippen molar-refractivity contribution in [2.45, 2.75) is 5.41 Å². The first kappa shape index (κ1) is 26.2. The molecule has 7 aromatic carbocycles. The summed E-state index contributed by atoms with van der Waals surface area (Å²) in [6.45, 7) is 0. The van der Waals surface area contributed by atoms with Gasteiger partial charge >= 0.3 is 0 Å². The number of hydrogen-bond donors (Lipinski definition) is 0. The van der Waals surface area contributed by atoms with Gasteiger partial charge in [0.05, 0.1) is 22.1 Å². The predicted octanol–water partition coefficient (Wildman–Crippen LogP) is 11.6. The molecule has 1 aliphatic rings. The van der Waals surface area contributed by atoms with Crippen LogP contribution in [0.5, 0.6) is 0 Å². The minimum absolute atomic E-state index is 0.441. The number of rotatable bonds is 4. The molecule has 1 aliphatic carbocycles. The topological polar surface area (TPSA) is 4.93 Å². The van der Waals surface area contributed by atoms with E-state index in [2.05, 4.69) is 190 Å². The average Bonchev–Trinajstić information content (AvgIpc) is 3.60. The monoisotopic (exact) mass is 637 g/mol. The molecule has 0 radical (unpaired) electrons. The standard InChI is InChI=1S/C43H28BrN/c44-38-23-11-8-18-32(38)29-26-27-34-33-19-9-12-24-39(33)45(41(34)28-29)40-25-13-22-37-42(40)35-20-7-10-21-36(35)43(37,30-14-3-1-4-15-30)31-16-5-2-6-17-31/h1-28H. The Bertz CT molecular complexity index is 2340. The molecule has 8 aromatic rings. The van der Waals surface area contributed by atoms with Crippen LogP contribution < -0.4 is 0 Å². The zero-order chi connectivity index (χ0) is 30.0. The number of halogens is 1. The van der Waals surface area contributed by atoms with E-state index in [1.54, 1.807) is 0 Å². The highest BCUT2D eigenvalue weighted by molar-refractivity contribution is 9.10. The highest BCUT2D eigenvalue weighted by Crippen LogP contribution is 2.58. The third-order valence-corrected chi connectivity index (χ3v) is 10.3. The Morgan fingerprint density at radius 3 is 1.80 bits per heavy atom. The number of hydrogen-bond acceptors (Lipinski definition) is 0. The van der Waals surface area contributed by atoms with Gasteiger partial charge in [0, 0.05) is 20.8 Å². The van der Waals surface area contributed by atoms with E-state index >= 15 is 0 Å². The number of para-hydroxylation sites is 1. The summed E-state index contributed by atoms with van der Waals surface area (Å²) in [6, 6.07) is 62.1. The van der Waals surface area contributed by atoms with E-state index < -0.39 is 5.41 Å². The van der Waals surface area contributed by atoms with Gasteiger partial charge < -0.3 is 4.57 Å². The van der Waals surface area contributed by atoms with Crippen LogP contribution in [0, 0.1) is 0 Å². The van der Waals surface area contributed by atoms with E-state index in [0.717, 1.165) is 4.47 Å². The summed E-state index contributed by atoms with van der Waals surface area (Å²) in [5, 5.41) is 2.51. The van der Waals surface area contributed by atoms with Gasteiger partial charge in [-0.3, -0.25) is 0 Å². The highest BCUT2D eigenvalue weighted by atomic mass is 79.9. The molecule has 1 nitrogen and oxygen atoms in total. The largest absolute Gasteiger partial charge is 0.309 e. The molecule has 0 spiro atoms. The summed E-state index contributed by atoms with van der Waals surface area (Å²) in [5.74, 6) is 0. The molecule has 0 N–H and O–H groups in total. The SMILES string of the molecule is Brc1ccccc1-c1ccc2c3ccccc3n(-c3cccc4c3-c3ccccc3C4(c3ccccc3)c3ccccc3)c2c1. The minimum atomic E-state index is -0.441. The Morgan fingerprint density at radius 1 is 0.444 bits per heavy atom. The second-order valence-electron chi connectivity index (χ2n) is 11.8. The van der Waals surface area contributed by atoms with Crippen LogP contribution in [0.25, 0.3) is 49.7 Å². The van der Waals surface area contributed by atoms with E-state index in [4.69, 9.17) is 0 Å². The van der Waals surface area contributed by atoms with Crippen molar-refractivity contribution in [1.82, 2.24) is 4.57 Å². The highest BCUT2D eigenvalue weighted by Gasteiger charge is 2.47. The summed E-state index contributed by atoms with van der Waals surface area (Å²) < 4.78 is 3.59. The first-order valence-corrected chi connectivity index (χ1v) is 16.2. The molecule has 0 saturated heterocycles. The van der Waals surface area contributed by atoms with Crippen molar-refractivity contribution in [2.75, 3.05) is 0 Å². The first-order chi connectivity index (χ1) is 22.3. The Labute approximate surface area is 271 Å². The van der Waals surface area contributed by atoms with E-state index in [1.807, 2.05) is 0 Å². The second-order valence-corrected chi connectivity index (χ2v) is 12.6. The van der Waals surface area contributed by atoms with Crippen LogP contribution in [-0.2, 0) is 5.41 Å². The number of fused-ring (bicyclic) bond motifs is 6. The molecule has 2 heteroatoms. The summed E-state index contributed by atoms with van der Waals surface area (Å²) >= 11 is 3.80. The molecule has 9 rings (SSSR count). The molecule has 0 atom stereocenters. The molecule has 0 unspecified atom stereocenters. The molecule has 1 heterocycles. The minimum Gasteiger partial charge on any atom is -0.309 e. The molecule has 45 heavy (non-hydrogen) atoms. The fourth-order valence-corrected chi connectivity index (χ4v) is 8.27. The number of benzene rings is 7. The smallest absolute Gasteiger partial charge is 0.0714 e. The van der Waals surface area contributed by atoms with Crippen molar-refractivity contribution in [2.24, 2.45) is 0 Å². The maximum Gasteiger partial charge on any atom is 0.0714 e. The number of nitrogens with zero attached hydrogens (tertiary/aromatic N) is 1. The third kappa shape index (κ3) is 3.73. The zero-order valence-corrected chi connectivity index (χ0v) is 26.1. The summed E-state index contributed by atoms with van der Waals surface area (Å²) in [4.78, 5) is 0. The third-order valence-electron chi connectivity index (χ3n) is 9.56. The van der Waals surface area contributed by atoms with E-state index in [-0.39, 0.29) is 0 Å². The van der Waals surface area contributed by atoms with Crippen LogP contribution in [0.15, 0.2) is 174 Å². The Kier molecular flexibility index (Phi) is 5.94. The van der Waals surface area contributed by atoms with Gasteiger partial charge in [-0.05, 0) is 63.2 Å². The zero-order valence-electron chi connectivity index (χ0n) is 24.5. The Morgan fingerprint density at radius 2 is 1.04 bits per heavy atom. The van der Waals surface area contributed by atoms with Gasteiger partial charge in [0.25, 0.3) is 0 Å². The van der Waals surface area contributed by atoms with Crippen molar-refractivity contribution < 1.29 is 0 Å². The van der Waals surface area contributed by atoms with Crippen molar-refractivity contribution in [3.63, 3.8) is 0 Å². The lowest BCUT2D eigenvalue weighted by Gasteiger charge is -2.34. The van der Waals surface area contributed by atoms with E-state index in [0.29, 0.717) is 0 Å². The van der Waals surface area contributed by atoms with Crippen LogP contribution in [0.3, 0.4) is 0 Å². The molecular weight excluding hydrogens is 610 g/mol. The quantitative estimate of drug-likeness (QED) is 0.181. The molecule has 1 aromatic heterocycles. The summed E-state index contributed by atoms with van der Waals surface area (Å²) in [7, 11) is 0. The average molecular weight is 639 g/mol. The van der Waals surface area contributed by atoms with Gasteiger partial charge in [-0.15, -0.1) is 0 Å². The number of aromatic nitrogens is 1. The first-order valence-electron chi connectivity index (χ1n) is 15.4. The molecule has 0 saturated carbocycles. The van der Waals surface area contributed by atoms with Gasteiger partial charge in [0.1, 0.15) is 0 Å². The predicted molar refractivity (Wildman–Crippen MR) is 191 cm³/mol. The Balaban J connectivity index is 1.42. The molecule has 0 bridgehead atoms. The van der Waals surface area contributed by atoms with Crippen molar-refractivity contribution in [1.29, 1.82) is 0 Å². The Hall–Kier alpha value is -5.18. The summed E-state index contributed by atoms with van der Waals surface area (Å²) in [5.41, 5.74) is 13.3. The lowest BCUT2D eigenvalue weighted by molar-refractivity contribution is 0.768. The van der Waals surface area contributed by atoms with Crippen LogP contribution in [0.1, 0.15) is 22.3 Å². The van der Waals surface area contributed by atoms with Crippen LogP contribution >= 0.6 is 15.9 Å². The van der Waals surface area contributed by atoms with E-state index in [9.17, 15) is 0 Å². The second kappa shape index (κ2) is 10.2. The maximum absolute atomic E-state index is 3.80. The lowest BCUT2D eigenvalue weighted by Crippen LogP contribution is -2.28. The van der Waals surface area contributed by atoms with Crippen LogP contribution in [0.2, 0.25) is 0 Å². The van der Waals surface area contributed by atoms with Gasteiger partial charge in [-0.1, -0.05) is 162 Å². The fourth-order valence-electron chi connectivity index (χ4n) is 7.75. The van der Waals surface area contributed by atoms with Crippen molar-refractivity contribution >= 4 is 37.7 Å². The van der Waals surface area contributed by atoms with Gasteiger partial charge in [0.2, 0.25) is 0 Å².